The number of fused-ring (bicyclic) bond motifs is 2. The van der Waals surface area contributed by atoms with Gasteiger partial charge in [-0.2, -0.15) is 5.10 Å². The maximum Gasteiger partial charge on any atom is 0.203 e. The molecule has 0 N–H and O–H groups in total. The number of nitrogens with zero attached hydrogens (tertiary/aromatic N) is 5. The molecule has 1 atom stereocenters. The Hall–Kier alpha value is -5.23. The van der Waals surface area contributed by atoms with E-state index in [0.717, 1.165) is 0 Å². The summed E-state index contributed by atoms with van der Waals surface area (Å²) in [4.78, 5) is 25.2. The monoisotopic (exact) mass is 641 g/mol. The fourth-order valence-corrected chi connectivity index (χ4v) is 5.98. The largest absolute Gasteiger partial charge is 0.488 e. The Morgan fingerprint density at radius 2 is 1.66 bits per heavy atom. The molecule has 9 nitrogen and oxygen atoms in total. The molecule has 0 saturated carbocycles. The topological polar surface area (TPSA) is 95.5 Å². The van der Waals surface area contributed by atoms with Crippen molar-refractivity contribution in [3.05, 3.63) is 100 Å². The van der Waals surface area contributed by atoms with Crippen LogP contribution in [0.3, 0.4) is 0 Å². The summed E-state index contributed by atoms with van der Waals surface area (Å²) in [6, 6.07) is 13.4. The van der Waals surface area contributed by atoms with Gasteiger partial charge in [-0.3, -0.25) is 4.79 Å². The lowest BCUT2D eigenvalue weighted by Gasteiger charge is -2.28. The van der Waals surface area contributed by atoms with Gasteiger partial charge in [0.2, 0.25) is 5.43 Å². The van der Waals surface area contributed by atoms with Crippen molar-refractivity contribution in [1.29, 1.82) is 0 Å². The van der Waals surface area contributed by atoms with E-state index in [1.165, 1.54) is 48.8 Å². The number of aromatic nitrogens is 4. The SMILES string of the molecule is CC(C)Oc1ccc(-c2nn([C@@H](C)c3oc4cccc(F)c4c(=O)c3-c3cccc(F)c3)c3ncnc(N4CCOCC4)c23)cc1F. The Balaban J connectivity index is 1.48. The summed E-state index contributed by atoms with van der Waals surface area (Å²) < 4.78 is 63.9. The number of ether oxygens (including phenoxy) is 2. The van der Waals surface area contributed by atoms with E-state index in [9.17, 15) is 9.18 Å². The van der Waals surface area contributed by atoms with E-state index in [0.29, 0.717) is 54.4 Å². The van der Waals surface area contributed by atoms with E-state index in [2.05, 4.69) is 14.9 Å². The molecule has 240 valence electrons. The first-order valence-corrected chi connectivity index (χ1v) is 15.2. The van der Waals surface area contributed by atoms with E-state index in [1.54, 1.807) is 29.8 Å². The van der Waals surface area contributed by atoms with Crippen molar-refractivity contribution in [2.24, 2.45) is 0 Å². The lowest BCUT2D eigenvalue weighted by molar-refractivity contribution is 0.122. The quantitative estimate of drug-likeness (QED) is 0.186. The van der Waals surface area contributed by atoms with Crippen molar-refractivity contribution in [3.63, 3.8) is 0 Å². The van der Waals surface area contributed by atoms with Crippen LogP contribution in [0.15, 0.2) is 76.2 Å². The minimum atomic E-state index is -0.828. The van der Waals surface area contributed by atoms with Crippen LogP contribution in [0.1, 0.15) is 32.6 Å². The smallest absolute Gasteiger partial charge is 0.203 e. The first-order valence-electron chi connectivity index (χ1n) is 15.2. The van der Waals surface area contributed by atoms with Gasteiger partial charge in [-0.25, -0.2) is 27.8 Å². The van der Waals surface area contributed by atoms with Crippen molar-refractivity contribution in [3.8, 4) is 28.1 Å². The first-order chi connectivity index (χ1) is 22.7. The van der Waals surface area contributed by atoms with Gasteiger partial charge in [0.25, 0.3) is 0 Å². The van der Waals surface area contributed by atoms with Gasteiger partial charge in [0.05, 0.1) is 30.3 Å². The zero-order valence-corrected chi connectivity index (χ0v) is 25.8. The maximum absolute atomic E-state index is 15.4. The van der Waals surface area contributed by atoms with Gasteiger partial charge < -0.3 is 18.8 Å². The molecular formula is C35H30F3N5O4. The molecule has 7 rings (SSSR count). The van der Waals surface area contributed by atoms with Crippen LogP contribution >= 0.6 is 0 Å². The second kappa shape index (κ2) is 12.2. The maximum atomic E-state index is 15.4. The molecule has 6 aromatic rings. The number of hydrogen-bond donors (Lipinski definition) is 0. The van der Waals surface area contributed by atoms with E-state index < -0.39 is 28.9 Å². The summed E-state index contributed by atoms with van der Waals surface area (Å²) in [5.41, 5.74) is 0.813. The number of anilines is 1. The molecule has 12 heteroatoms. The van der Waals surface area contributed by atoms with Gasteiger partial charge >= 0.3 is 0 Å². The minimum Gasteiger partial charge on any atom is -0.488 e. The predicted molar refractivity (Wildman–Crippen MR) is 171 cm³/mol. The number of halogens is 3. The number of morpholine rings is 1. The van der Waals surface area contributed by atoms with Crippen LogP contribution in [-0.4, -0.2) is 52.2 Å². The summed E-state index contributed by atoms with van der Waals surface area (Å²) in [6.45, 7) is 7.50. The molecule has 1 fully saturated rings. The van der Waals surface area contributed by atoms with Crippen LogP contribution in [0.4, 0.5) is 19.0 Å². The summed E-state index contributed by atoms with van der Waals surface area (Å²) >= 11 is 0. The molecule has 0 aliphatic carbocycles. The number of rotatable bonds is 7. The summed E-state index contributed by atoms with van der Waals surface area (Å²) in [7, 11) is 0. The Bertz CT molecular complexity index is 2190. The molecule has 3 aromatic carbocycles. The molecule has 3 aromatic heterocycles. The van der Waals surface area contributed by atoms with E-state index in [-0.39, 0.29) is 39.7 Å². The Kier molecular flexibility index (Phi) is 7.88. The highest BCUT2D eigenvalue weighted by Gasteiger charge is 2.29. The van der Waals surface area contributed by atoms with Gasteiger partial charge in [-0.05, 0) is 68.8 Å². The van der Waals surface area contributed by atoms with Crippen molar-refractivity contribution in [2.75, 3.05) is 31.2 Å². The molecule has 0 unspecified atom stereocenters. The van der Waals surface area contributed by atoms with Crippen molar-refractivity contribution < 1.29 is 27.1 Å². The lowest BCUT2D eigenvalue weighted by atomic mass is 9.99. The summed E-state index contributed by atoms with van der Waals surface area (Å²) in [5, 5.41) is 5.25. The Labute approximate surface area is 267 Å². The van der Waals surface area contributed by atoms with Crippen LogP contribution in [0, 0.1) is 17.5 Å². The molecule has 0 bridgehead atoms. The average Bonchev–Trinajstić information content (AvgIpc) is 3.45. The van der Waals surface area contributed by atoms with Gasteiger partial charge in [0.15, 0.2) is 17.2 Å². The lowest BCUT2D eigenvalue weighted by Crippen LogP contribution is -2.36. The summed E-state index contributed by atoms with van der Waals surface area (Å²) in [6.07, 6.45) is 1.19. The van der Waals surface area contributed by atoms with Gasteiger partial charge in [0, 0.05) is 18.7 Å². The number of hydrogen-bond acceptors (Lipinski definition) is 8. The van der Waals surface area contributed by atoms with Gasteiger partial charge in [-0.15, -0.1) is 0 Å². The predicted octanol–water partition coefficient (Wildman–Crippen LogP) is 6.92. The minimum absolute atomic E-state index is 0.0107. The average molecular weight is 642 g/mol. The van der Waals surface area contributed by atoms with Gasteiger partial charge in [-0.1, -0.05) is 18.2 Å². The molecule has 1 saturated heterocycles. The van der Waals surface area contributed by atoms with E-state index in [1.807, 2.05) is 13.8 Å². The van der Waals surface area contributed by atoms with Crippen LogP contribution in [0.25, 0.3) is 44.4 Å². The molecule has 0 spiro atoms. The van der Waals surface area contributed by atoms with Crippen LogP contribution < -0.4 is 15.1 Å². The van der Waals surface area contributed by atoms with Crippen molar-refractivity contribution in [1.82, 2.24) is 19.7 Å². The molecule has 1 aliphatic rings. The standard InChI is InChI=1S/C35H30F3N5O4/c1-19(2)46-26-11-10-22(17-25(26)38)31-30-34(42-12-14-45-15-13-42)39-18-40-35(30)43(41-31)20(3)33-28(21-6-4-7-23(36)16-21)32(44)29-24(37)8-5-9-27(29)47-33/h4-11,16-20H,12-15H2,1-3H3/t20-/m0/s1. The molecule has 4 heterocycles. The Morgan fingerprint density at radius 3 is 2.40 bits per heavy atom. The zero-order valence-electron chi connectivity index (χ0n) is 25.8. The Morgan fingerprint density at radius 1 is 0.872 bits per heavy atom. The van der Waals surface area contributed by atoms with Gasteiger partial charge in [0.1, 0.15) is 52.2 Å². The third-order valence-electron chi connectivity index (χ3n) is 8.10. The second-order valence-corrected chi connectivity index (χ2v) is 11.6. The molecule has 0 amide bonds. The van der Waals surface area contributed by atoms with E-state index >= 15 is 8.78 Å². The normalized spacial score (nSPS) is 14.3. The molecule has 1 aliphatic heterocycles. The molecular weight excluding hydrogens is 611 g/mol. The highest BCUT2D eigenvalue weighted by Crippen LogP contribution is 2.39. The highest BCUT2D eigenvalue weighted by molar-refractivity contribution is 5.99. The highest BCUT2D eigenvalue weighted by atomic mass is 19.1. The van der Waals surface area contributed by atoms with Crippen LogP contribution in [0.5, 0.6) is 5.75 Å². The number of benzene rings is 3. The van der Waals surface area contributed by atoms with Crippen molar-refractivity contribution >= 4 is 27.8 Å². The second-order valence-electron chi connectivity index (χ2n) is 11.6. The van der Waals surface area contributed by atoms with Crippen LogP contribution in [0.2, 0.25) is 0 Å². The van der Waals surface area contributed by atoms with E-state index in [4.69, 9.17) is 19.0 Å². The molecule has 0 radical (unpaired) electrons. The fraction of sp³-hybridized carbons (Fsp3) is 0.257. The fourth-order valence-electron chi connectivity index (χ4n) is 5.98. The van der Waals surface area contributed by atoms with Crippen molar-refractivity contribution in [2.45, 2.75) is 32.9 Å². The van der Waals surface area contributed by atoms with Crippen LogP contribution in [-0.2, 0) is 4.74 Å². The third-order valence-corrected chi connectivity index (χ3v) is 8.10. The third kappa shape index (κ3) is 5.48. The summed E-state index contributed by atoms with van der Waals surface area (Å²) in [5.74, 6) is -1.08. The zero-order chi connectivity index (χ0) is 32.8. The molecule has 47 heavy (non-hydrogen) atoms. The first kappa shape index (κ1) is 30.4.